The molecule has 18 heteroatoms. The van der Waals surface area contributed by atoms with Gasteiger partial charge < -0.3 is 25.3 Å². The van der Waals surface area contributed by atoms with Crippen LogP contribution in [0.1, 0.15) is 38.8 Å². The van der Waals surface area contributed by atoms with Crippen LogP contribution in [0.3, 0.4) is 0 Å². The highest BCUT2D eigenvalue weighted by Gasteiger charge is 2.51. The van der Waals surface area contributed by atoms with Gasteiger partial charge in [0.25, 0.3) is 0 Å². The van der Waals surface area contributed by atoms with Gasteiger partial charge in [-0.3, -0.25) is 9.80 Å². The molecule has 0 aliphatic carbocycles. The van der Waals surface area contributed by atoms with E-state index in [1.807, 2.05) is 52.0 Å². The van der Waals surface area contributed by atoms with Gasteiger partial charge in [-0.25, -0.2) is 9.59 Å². The van der Waals surface area contributed by atoms with Gasteiger partial charge in [0.15, 0.2) is 5.82 Å². The Morgan fingerprint density at radius 3 is 1.62 bits per heavy atom. The maximum atomic E-state index is 13.3. The smallest absolute Gasteiger partial charge is 0.399 e. The van der Waals surface area contributed by atoms with Gasteiger partial charge in [-0.1, -0.05) is 48.5 Å². The van der Waals surface area contributed by atoms with Gasteiger partial charge in [-0.05, 0) is 75.6 Å². The quantitative estimate of drug-likeness (QED) is 0.117. The minimum atomic E-state index is -4.97. The van der Waals surface area contributed by atoms with Crippen molar-refractivity contribution in [2.24, 2.45) is 0 Å². The number of anilines is 4. The lowest BCUT2D eigenvalue weighted by atomic mass is 9.79. The molecule has 8 rings (SSSR count). The molecule has 0 unspecified atom stereocenters. The van der Waals surface area contributed by atoms with E-state index in [4.69, 9.17) is 9.31 Å². The van der Waals surface area contributed by atoms with Crippen LogP contribution in [0.2, 0.25) is 0 Å². The lowest BCUT2D eigenvalue weighted by Gasteiger charge is -2.32. The highest BCUT2D eigenvalue weighted by Crippen LogP contribution is 2.40. The van der Waals surface area contributed by atoms with Gasteiger partial charge in [-0.15, -0.1) is 10.2 Å². The molecule has 11 nitrogen and oxygen atoms in total. The fourth-order valence-corrected chi connectivity index (χ4v) is 6.60. The van der Waals surface area contributed by atoms with Crippen molar-refractivity contribution in [1.29, 1.82) is 0 Å². The molecule has 1 aromatic heterocycles. The number of nitrogens with zero attached hydrogens (tertiary/aromatic N) is 4. The number of carbonyl (C=O) groups is 2. The fourth-order valence-electron chi connectivity index (χ4n) is 6.60. The molecule has 3 fully saturated rings. The minimum absolute atomic E-state index is 0.00263. The summed E-state index contributed by atoms with van der Waals surface area (Å²) in [6, 6.07) is 22.6. The van der Waals surface area contributed by atoms with E-state index in [9.17, 15) is 35.9 Å². The summed E-state index contributed by atoms with van der Waals surface area (Å²) in [5.74, 6) is -0.00263. The topological polar surface area (TPSA) is 121 Å². The van der Waals surface area contributed by atoms with Crippen LogP contribution in [0.25, 0.3) is 22.0 Å². The molecule has 4 aromatic carbocycles. The normalized spacial score (nSPS) is 17.6. The third-order valence-electron chi connectivity index (χ3n) is 10.4. The maximum Gasteiger partial charge on any atom is 0.494 e. The summed E-state index contributed by atoms with van der Waals surface area (Å²) in [6.07, 6.45) is -9.95. The van der Waals surface area contributed by atoms with Crippen molar-refractivity contribution in [3.8, 4) is 11.3 Å². The summed E-state index contributed by atoms with van der Waals surface area (Å²) in [7, 11) is -0.364. The lowest BCUT2D eigenvalue weighted by molar-refractivity contribution is -0.143. The summed E-state index contributed by atoms with van der Waals surface area (Å²) in [5, 5.41) is 17.4. The van der Waals surface area contributed by atoms with Crippen LogP contribution in [-0.2, 0) is 21.7 Å². The van der Waals surface area contributed by atoms with Crippen molar-refractivity contribution in [2.75, 3.05) is 41.3 Å². The molecule has 0 saturated carbocycles. The van der Waals surface area contributed by atoms with Crippen LogP contribution in [0, 0.1) is 0 Å². The Kier molecular flexibility index (Phi) is 10.5. The van der Waals surface area contributed by atoms with E-state index >= 15 is 0 Å². The van der Waals surface area contributed by atoms with Gasteiger partial charge >= 0.3 is 31.5 Å². The SMILES string of the molecule is CC1(C)OB(c2ccc(N3CCNC3=O)cc2)OC1(C)C.O=C1NCCN1c1ccc(-c2nnc(Nc3cc(C(F)(F)F)cc(C(F)(F)F)c3)c3ccccc23)cc1. The Balaban J connectivity index is 0.000000206. The van der Waals surface area contributed by atoms with Gasteiger partial charge in [-0.2, -0.15) is 26.3 Å². The summed E-state index contributed by atoms with van der Waals surface area (Å²) in [5.41, 5.74) is -0.313. The summed E-state index contributed by atoms with van der Waals surface area (Å²) < 4.78 is 91.7. The fraction of sp³-hybridized carbons (Fsp3) is 0.300. The third kappa shape index (κ3) is 8.25. The number of hydrogen-bond acceptors (Lipinski definition) is 7. The number of hydrogen-bond donors (Lipinski definition) is 3. The molecule has 0 radical (unpaired) electrons. The molecule has 3 N–H and O–H groups in total. The van der Waals surface area contributed by atoms with Crippen LogP contribution in [-0.4, -0.2) is 66.8 Å². The van der Waals surface area contributed by atoms with E-state index < -0.39 is 29.2 Å². The van der Waals surface area contributed by atoms with Crippen LogP contribution in [0.15, 0.2) is 91.0 Å². The van der Waals surface area contributed by atoms with Gasteiger partial charge in [0.2, 0.25) is 0 Å². The average Bonchev–Trinajstić information content (AvgIpc) is 3.87. The molecule has 302 valence electrons. The number of aromatic nitrogens is 2. The van der Waals surface area contributed by atoms with Crippen LogP contribution in [0.5, 0.6) is 0 Å². The number of carbonyl (C=O) groups excluding carboxylic acids is 2. The van der Waals surface area contributed by atoms with Crippen molar-refractivity contribution >= 4 is 58.3 Å². The molecule has 4 heterocycles. The first-order valence-electron chi connectivity index (χ1n) is 18.3. The zero-order chi connectivity index (χ0) is 41.6. The number of alkyl halides is 6. The number of halogens is 6. The average molecular weight is 806 g/mol. The second-order valence-corrected chi connectivity index (χ2v) is 14.9. The first-order chi connectivity index (χ1) is 27.3. The molecular weight excluding hydrogens is 767 g/mol. The van der Waals surface area contributed by atoms with Crippen LogP contribution in [0.4, 0.5) is 58.8 Å². The highest BCUT2D eigenvalue weighted by molar-refractivity contribution is 6.62. The Bertz CT molecular complexity index is 2290. The predicted octanol–water partition coefficient (Wildman–Crippen LogP) is 8.12. The van der Waals surface area contributed by atoms with Gasteiger partial charge in [0.1, 0.15) is 5.69 Å². The molecule has 0 atom stereocenters. The first kappa shape index (κ1) is 40.3. The Labute approximate surface area is 329 Å². The molecule has 0 spiro atoms. The second-order valence-electron chi connectivity index (χ2n) is 14.9. The number of rotatable bonds is 6. The van der Waals surface area contributed by atoms with Crippen LogP contribution >= 0.6 is 0 Å². The lowest BCUT2D eigenvalue weighted by Crippen LogP contribution is -2.41. The largest absolute Gasteiger partial charge is 0.494 e. The summed E-state index contributed by atoms with van der Waals surface area (Å²) >= 11 is 0. The molecule has 3 aliphatic rings. The van der Waals surface area contributed by atoms with Crippen molar-refractivity contribution in [3.05, 3.63) is 102 Å². The van der Waals surface area contributed by atoms with Crippen molar-refractivity contribution in [1.82, 2.24) is 20.8 Å². The number of benzene rings is 4. The Morgan fingerprint density at radius 1 is 0.672 bits per heavy atom. The van der Waals surface area contributed by atoms with E-state index in [1.165, 1.54) is 0 Å². The Hall–Kier alpha value is -5.88. The van der Waals surface area contributed by atoms with E-state index in [1.54, 1.807) is 58.3 Å². The molecule has 5 aromatic rings. The Morgan fingerprint density at radius 2 is 1.16 bits per heavy atom. The van der Waals surface area contributed by atoms with E-state index in [0.29, 0.717) is 66.0 Å². The molecule has 3 saturated heterocycles. The van der Waals surface area contributed by atoms with Crippen LogP contribution < -0.4 is 31.2 Å². The van der Waals surface area contributed by atoms with E-state index in [0.717, 1.165) is 11.2 Å². The zero-order valence-electron chi connectivity index (χ0n) is 31.8. The minimum Gasteiger partial charge on any atom is -0.399 e. The van der Waals surface area contributed by atoms with E-state index in [-0.39, 0.29) is 42.3 Å². The molecular formula is C40H38BF6N7O4. The maximum absolute atomic E-state index is 13.3. The molecule has 3 aliphatic heterocycles. The number of fused-ring (bicyclic) bond motifs is 1. The van der Waals surface area contributed by atoms with Crippen molar-refractivity contribution < 1.29 is 45.2 Å². The second kappa shape index (κ2) is 15.1. The summed E-state index contributed by atoms with van der Waals surface area (Å²) in [6.45, 7) is 10.6. The van der Waals surface area contributed by atoms with Gasteiger partial charge in [0.05, 0.1) is 22.3 Å². The summed E-state index contributed by atoms with van der Waals surface area (Å²) in [4.78, 5) is 26.9. The standard InChI is InChI=1S/C25H17F6N5O.C15H21BN2O3/c26-24(27,28)15-11-16(25(29,30)31)13-17(12-15)33-22-20-4-2-1-3-19(20)21(34-35-22)14-5-7-18(8-6-14)36-10-9-32-23(36)37;1-14(2)15(3,4)21-16(20-14)11-5-7-12(8-6-11)18-10-9-17-13(18)19/h1-8,11-13H,9-10H2,(H,32,37)(H,33,35);5-8H,9-10H2,1-4H3,(H,17,19). The monoisotopic (exact) mass is 805 g/mol. The van der Waals surface area contributed by atoms with Crippen molar-refractivity contribution in [2.45, 2.75) is 51.2 Å². The van der Waals surface area contributed by atoms with Gasteiger partial charge in [0, 0.05) is 59.6 Å². The molecule has 4 amide bonds. The zero-order valence-corrected chi connectivity index (χ0v) is 31.8. The number of amides is 4. The highest BCUT2D eigenvalue weighted by atomic mass is 19.4. The number of urea groups is 2. The first-order valence-corrected chi connectivity index (χ1v) is 18.3. The molecule has 0 bridgehead atoms. The molecule has 58 heavy (non-hydrogen) atoms. The third-order valence-corrected chi connectivity index (χ3v) is 10.4. The number of nitrogens with one attached hydrogen (secondary N) is 3. The van der Waals surface area contributed by atoms with Crippen molar-refractivity contribution in [3.63, 3.8) is 0 Å². The predicted molar refractivity (Wildman–Crippen MR) is 208 cm³/mol. The van der Waals surface area contributed by atoms with E-state index in [2.05, 4.69) is 26.1 Å².